The van der Waals surface area contributed by atoms with Gasteiger partial charge in [0.25, 0.3) is 5.91 Å². The van der Waals surface area contributed by atoms with Crippen molar-refractivity contribution in [1.29, 1.82) is 0 Å². The molecule has 2 heterocycles. The van der Waals surface area contributed by atoms with E-state index >= 15 is 0 Å². The van der Waals surface area contributed by atoms with Gasteiger partial charge in [0.2, 0.25) is 0 Å². The molecule has 0 aromatic heterocycles. The van der Waals surface area contributed by atoms with Crippen LogP contribution in [0.5, 0.6) is 5.75 Å². The first-order valence-corrected chi connectivity index (χ1v) is 8.70. The molecule has 1 amide bonds. The molecule has 2 aliphatic rings. The van der Waals surface area contributed by atoms with Crippen LogP contribution in [-0.4, -0.2) is 68.3 Å². The van der Waals surface area contributed by atoms with Gasteiger partial charge >= 0.3 is 0 Å². The second kappa shape index (κ2) is 7.11. The van der Waals surface area contributed by atoms with Gasteiger partial charge in [-0.3, -0.25) is 9.69 Å². The predicted molar refractivity (Wildman–Crippen MR) is 93.2 cm³/mol. The quantitative estimate of drug-likeness (QED) is 0.826. The summed E-state index contributed by atoms with van der Waals surface area (Å²) in [5, 5.41) is 0. The molecule has 132 valence electrons. The van der Waals surface area contributed by atoms with E-state index in [1.54, 1.807) is 7.11 Å². The van der Waals surface area contributed by atoms with Gasteiger partial charge in [0, 0.05) is 26.8 Å². The SMILES string of the molecule is COC[C@H]1CCN(C)C2(C1)CN(C(=O)COc1ccc(C)cc1)C2. The van der Waals surface area contributed by atoms with Gasteiger partial charge in [-0.1, -0.05) is 17.7 Å². The molecule has 0 radical (unpaired) electrons. The summed E-state index contributed by atoms with van der Waals surface area (Å²) in [6.45, 7) is 5.66. The topological polar surface area (TPSA) is 42.0 Å². The lowest BCUT2D eigenvalue weighted by atomic mass is 9.75. The van der Waals surface area contributed by atoms with Crippen LogP contribution >= 0.6 is 0 Å². The predicted octanol–water partition coefficient (Wildman–Crippen LogP) is 1.94. The molecule has 5 nitrogen and oxygen atoms in total. The number of aryl methyl sites for hydroxylation is 1. The maximum atomic E-state index is 12.4. The van der Waals surface area contributed by atoms with Crippen molar-refractivity contribution in [1.82, 2.24) is 9.80 Å². The zero-order valence-electron chi connectivity index (χ0n) is 15.0. The van der Waals surface area contributed by atoms with Crippen molar-refractivity contribution >= 4 is 5.91 Å². The Labute approximate surface area is 144 Å². The highest BCUT2D eigenvalue weighted by Crippen LogP contribution is 2.38. The zero-order chi connectivity index (χ0) is 17.2. The fraction of sp³-hybridized carbons (Fsp3) is 0.632. The van der Waals surface area contributed by atoms with Gasteiger partial charge in [-0.2, -0.15) is 0 Å². The molecule has 0 N–H and O–H groups in total. The number of piperidine rings is 1. The average Bonchev–Trinajstić information content (AvgIpc) is 2.54. The maximum absolute atomic E-state index is 12.4. The molecule has 5 heteroatoms. The van der Waals surface area contributed by atoms with E-state index in [0.29, 0.717) is 5.92 Å². The minimum atomic E-state index is 0.0727. The smallest absolute Gasteiger partial charge is 0.260 e. The monoisotopic (exact) mass is 332 g/mol. The molecule has 2 saturated heterocycles. The van der Waals surface area contributed by atoms with Crippen LogP contribution in [0.25, 0.3) is 0 Å². The van der Waals surface area contributed by atoms with Crippen LogP contribution in [0.15, 0.2) is 24.3 Å². The number of carbonyl (C=O) groups excluding carboxylic acids is 1. The molecule has 1 atom stereocenters. The number of likely N-dealkylation sites (tertiary alicyclic amines) is 2. The summed E-state index contributed by atoms with van der Waals surface area (Å²) in [4.78, 5) is 16.7. The molecule has 0 aliphatic carbocycles. The summed E-state index contributed by atoms with van der Waals surface area (Å²) in [5.41, 5.74) is 1.32. The van der Waals surface area contributed by atoms with E-state index in [4.69, 9.17) is 9.47 Å². The van der Waals surface area contributed by atoms with Gasteiger partial charge in [-0.25, -0.2) is 0 Å². The van der Waals surface area contributed by atoms with Crippen LogP contribution in [0.1, 0.15) is 18.4 Å². The molecule has 0 bridgehead atoms. The third kappa shape index (κ3) is 3.57. The molecular formula is C19H28N2O3. The number of ether oxygens (including phenoxy) is 2. The fourth-order valence-electron chi connectivity index (χ4n) is 3.87. The Morgan fingerprint density at radius 2 is 2.00 bits per heavy atom. The molecule has 3 rings (SSSR count). The van der Waals surface area contributed by atoms with E-state index in [1.807, 2.05) is 36.1 Å². The molecule has 2 aliphatic heterocycles. The van der Waals surface area contributed by atoms with Crippen molar-refractivity contribution in [3.05, 3.63) is 29.8 Å². The lowest BCUT2D eigenvalue weighted by Gasteiger charge is -2.58. The third-order valence-corrected chi connectivity index (χ3v) is 5.46. The lowest BCUT2D eigenvalue weighted by molar-refractivity contribution is -0.153. The van der Waals surface area contributed by atoms with E-state index in [9.17, 15) is 4.79 Å². The van der Waals surface area contributed by atoms with Crippen molar-refractivity contribution < 1.29 is 14.3 Å². The van der Waals surface area contributed by atoms with E-state index in [-0.39, 0.29) is 18.1 Å². The number of amides is 1. The zero-order valence-corrected chi connectivity index (χ0v) is 15.0. The molecule has 24 heavy (non-hydrogen) atoms. The number of methoxy groups -OCH3 is 1. The summed E-state index contributed by atoms with van der Waals surface area (Å²) in [5.74, 6) is 1.43. The Kier molecular flexibility index (Phi) is 5.11. The first kappa shape index (κ1) is 17.2. The number of rotatable bonds is 5. The standard InChI is InChI=1S/C19H28N2O3/c1-15-4-6-17(7-5-15)24-12-18(22)21-13-19(14-21)10-16(11-23-3)8-9-20(19)2/h4-7,16H,8-14H2,1-3H3/t16-/m0/s1. The summed E-state index contributed by atoms with van der Waals surface area (Å²) >= 11 is 0. The van der Waals surface area contributed by atoms with E-state index < -0.39 is 0 Å². The van der Waals surface area contributed by atoms with Gasteiger partial charge in [0.15, 0.2) is 6.61 Å². The van der Waals surface area contributed by atoms with Crippen LogP contribution in [0.3, 0.4) is 0 Å². The van der Waals surface area contributed by atoms with Crippen molar-refractivity contribution in [3.8, 4) is 5.75 Å². The molecule has 1 aromatic rings. The molecule has 2 fully saturated rings. The van der Waals surface area contributed by atoms with Crippen molar-refractivity contribution in [3.63, 3.8) is 0 Å². The summed E-state index contributed by atoms with van der Waals surface area (Å²) < 4.78 is 10.9. The van der Waals surface area contributed by atoms with Crippen molar-refractivity contribution in [2.75, 3.05) is 47.0 Å². The summed E-state index contributed by atoms with van der Waals surface area (Å²) in [6, 6.07) is 7.80. The van der Waals surface area contributed by atoms with Gasteiger partial charge in [-0.05, 0) is 51.4 Å². The fourth-order valence-corrected chi connectivity index (χ4v) is 3.87. The summed E-state index contributed by atoms with van der Waals surface area (Å²) in [6.07, 6.45) is 2.29. The van der Waals surface area contributed by atoms with Crippen molar-refractivity contribution in [2.24, 2.45) is 5.92 Å². The number of hydrogen-bond donors (Lipinski definition) is 0. The van der Waals surface area contributed by atoms with Crippen molar-refractivity contribution in [2.45, 2.75) is 25.3 Å². The number of hydrogen-bond acceptors (Lipinski definition) is 4. The Bertz CT molecular complexity index is 566. The second-order valence-electron chi connectivity index (χ2n) is 7.31. The maximum Gasteiger partial charge on any atom is 0.260 e. The van der Waals surface area contributed by atoms with Crippen LogP contribution in [0.4, 0.5) is 0 Å². The molecule has 0 saturated carbocycles. The highest BCUT2D eigenvalue weighted by Gasteiger charge is 2.50. The van der Waals surface area contributed by atoms with Gasteiger partial charge in [-0.15, -0.1) is 0 Å². The van der Waals surface area contributed by atoms with Crippen LogP contribution < -0.4 is 4.74 Å². The highest BCUT2D eigenvalue weighted by molar-refractivity contribution is 5.79. The minimum Gasteiger partial charge on any atom is -0.484 e. The van der Waals surface area contributed by atoms with Gasteiger partial charge in [0.05, 0.1) is 5.54 Å². The van der Waals surface area contributed by atoms with Gasteiger partial charge < -0.3 is 14.4 Å². The van der Waals surface area contributed by atoms with E-state index in [0.717, 1.165) is 38.4 Å². The molecular weight excluding hydrogens is 304 g/mol. The molecule has 1 aromatic carbocycles. The second-order valence-corrected chi connectivity index (χ2v) is 7.31. The lowest BCUT2D eigenvalue weighted by Crippen LogP contribution is -2.73. The Morgan fingerprint density at radius 1 is 1.29 bits per heavy atom. The Hall–Kier alpha value is -1.59. The summed E-state index contributed by atoms with van der Waals surface area (Å²) in [7, 11) is 3.94. The number of nitrogens with zero attached hydrogens (tertiary/aromatic N) is 2. The number of benzene rings is 1. The highest BCUT2D eigenvalue weighted by atomic mass is 16.5. The van der Waals surface area contributed by atoms with Crippen LogP contribution in [-0.2, 0) is 9.53 Å². The first-order valence-electron chi connectivity index (χ1n) is 8.70. The molecule has 0 unspecified atom stereocenters. The molecule has 1 spiro atoms. The van der Waals surface area contributed by atoms with E-state index in [2.05, 4.69) is 11.9 Å². The van der Waals surface area contributed by atoms with E-state index in [1.165, 1.54) is 12.0 Å². The Balaban J connectivity index is 1.49. The number of carbonyl (C=O) groups is 1. The Morgan fingerprint density at radius 3 is 2.67 bits per heavy atom. The van der Waals surface area contributed by atoms with Crippen LogP contribution in [0.2, 0.25) is 0 Å². The first-order chi connectivity index (χ1) is 11.5. The third-order valence-electron chi connectivity index (χ3n) is 5.46. The largest absolute Gasteiger partial charge is 0.484 e. The minimum absolute atomic E-state index is 0.0727. The van der Waals surface area contributed by atoms with Crippen LogP contribution in [0, 0.1) is 12.8 Å². The van der Waals surface area contributed by atoms with Gasteiger partial charge in [0.1, 0.15) is 5.75 Å². The normalized spacial score (nSPS) is 23.1. The number of likely N-dealkylation sites (N-methyl/N-ethyl adjacent to an activating group) is 1. The average molecular weight is 332 g/mol.